The molecule has 1 atom stereocenters. The Bertz CT molecular complexity index is 578. The Morgan fingerprint density at radius 3 is 2.63 bits per heavy atom. The van der Waals surface area contributed by atoms with Crippen LogP contribution in [0.25, 0.3) is 0 Å². The summed E-state index contributed by atoms with van der Waals surface area (Å²) < 4.78 is 0. The fraction of sp³-hybridized carbons (Fsp3) is 0.231. The van der Waals surface area contributed by atoms with Crippen molar-refractivity contribution in [2.45, 2.75) is 18.1 Å². The number of aromatic nitrogens is 2. The van der Waals surface area contributed by atoms with Gasteiger partial charge in [-0.1, -0.05) is 53.2 Å². The highest BCUT2D eigenvalue weighted by Gasteiger charge is 2.10. The molecule has 1 aromatic carbocycles. The summed E-state index contributed by atoms with van der Waals surface area (Å²) in [6, 6.07) is 9.46. The Labute approximate surface area is 126 Å². The Hall–Kier alpha value is -0.970. The summed E-state index contributed by atoms with van der Waals surface area (Å²) in [4.78, 5) is 8.46. The number of nitrogens with one attached hydrogen (secondary N) is 1. The number of thioether (sulfide) groups is 1. The molecule has 19 heavy (non-hydrogen) atoms. The number of benzene rings is 1. The summed E-state index contributed by atoms with van der Waals surface area (Å²) in [6.45, 7) is 2.02. The zero-order valence-electron chi connectivity index (χ0n) is 10.5. The Morgan fingerprint density at radius 2 is 1.95 bits per heavy atom. The van der Waals surface area contributed by atoms with E-state index in [0.29, 0.717) is 16.1 Å². The first-order valence-corrected chi connectivity index (χ1v) is 7.67. The second-order valence-electron chi connectivity index (χ2n) is 3.95. The quantitative estimate of drug-likeness (QED) is 0.505. The summed E-state index contributed by atoms with van der Waals surface area (Å²) in [5, 5.41) is 5.08. The molecule has 1 unspecified atom stereocenters. The molecule has 100 valence electrons. The molecule has 0 aliphatic heterocycles. The first kappa shape index (κ1) is 14.4. The van der Waals surface area contributed by atoms with Gasteiger partial charge in [-0.25, -0.2) is 9.97 Å². The molecule has 3 nitrogen and oxygen atoms in total. The van der Waals surface area contributed by atoms with E-state index in [9.17, 15) is 0 Å². The molecule has 2 aromatic rings. The van der Waals surface area contributed by atoms with Crippen LogP contribution in [0, 0.1) is 0 Å². The van der Waals surface area contributed by atoms with E-state index in [2.05, 4.69) is 15.3 Å². The summed E-state index contributed by atoms with van der Waals surface area (Å²) in [5.74, 6) is 0.691. The van der Waals surface area contributed by atoms with E-state index in [1.165, 1.54) is 11.8 Å². The van der Waals surface area contributed by atoms with Gasteiger partial charge in [0.1, 0.15) is 11.0 Å². The Balaban J connectivity index is 2.21. The van der Waals surface area contributed by atoms with Crippen LogP contribution in [0.15, 0.2) is 35.5 Å². The number of hydrogen-bond acceptors (Lipinski definition) is 4. The minimum atomic E-state index is 0.0365. The second kappa shape index (κ2) is 6.46. The van der Waals surface area contributed by atoms with Crippen molar-refractivity contribution < 1.29 is 0 Å². The predicted molar refractivity (Wildman–Crippen MR) is 82.3 cm³/mol. The summed E-state index contributed by atoms with van der Waals surface area (Å²) in [5.41, 5.74) is 1.02. The monoisotopic (exact) mass is 313 g/mol. The molecule has 2 rings (SSSR count). The van der Waals surface area contributed by atoms with Crippen molar-refractivity contribution in [3.05, 3.63) is 46.1 Å². The molecular weight excluding hydrogens is 301 g/mol. The van der Waals surface area contributed by atoms with Gasteiger partial charge in [-0.2, -0.15) is 0 Å². The van der Waals surface area contributed by atoms with E-state index in [-0.39, 0.29) is 6.04 Å². The topological polar surface area (TPSA) is 37.8 Å². The molecule has 0 aliphatic rings. The lowest BCUT2D eigenvalue weighted by Crippen LogP contribution is -2.09. The first-order valence-electron chi connectivity index (χ1n) is 5.69. The lowest BCUT2D eigenvalue weighted by Gasteiger charge is -2.16. The molecule has 0 aliphatic carbocycles. The van der Waals surface area contributed by atoms with Crippen LogP contribution >= 0.6 is 35.0 Å². The predicted octanol–water partition coefficient (Wildman–Crippen LogP) is 4.68. The maximum absolute atomic E-state index is 6.17. The second-order valence-corrected chi connectivity index (χ2v) is 5.52. The molecule has 1 heterocycles. The average molecular weight is 314 g/mol. The zero-order valence-corrected chi connectivity index (χ0v) is 12.9. The zero-order chi connectivity index (χ0) is 13.8. The van der Waals surface area contributed by atoms with E-state index in [0.717, 1.165) is 10.6 Å². The molecule has 6 heteroatoms. The number of nitrogens with zero attached hydrogens (tertiary/aromatic N) is 2. The van der Waals surface area contributed by atoms with Gasteiger partial charge in [-0.15, -0.1) is 0 Å². The lowest BCUT2D eigenvalue weighted by atomic mass is 10.1. The van der Waals surface area contributed by atoms with E-state index in [1.54, 1.807) is 6.07 Å². The standard InChI is InChI=1S/C13H13Cl2N3S/c1-8(9-5-3-4-6-10(9)14)16-12-7-11(15)17-13(18-12)19-2/h3-8H,1-2H3,(H,16,17,18). The highest BCUT2D eigenvalue weighted by Crippen LogP contribution is 2.26. The molecule has 1 N–H and O–H groups in total. The highest BCUT2D eigenvalue weighted by atomic mass is 35.5. The van der Waals surface area contributed by atoms with Crippen molar-refractivity contribution in [3.63, 3.8) is 0 Å². The number of hydrogen-bond donors (Lipinski definition) is 1. The summed E-state index contributed by atoms with van der Waals surface area (Å²) in [7, 11) is 0. The fourth-order valence-corrected chi connectivity index (χ4v) is 2.60. The van der Waals surface area contributed by atoms with Crippen LogP contribution in [-0.4, -0.2) is 16.2 Å². The molecule has 0 fully saturated rings. The average Bonchev–Trinajstić information content (AvgIpc) is 2.38. The molecular formula is C13H13Cl2N3S. The molecule has 0 radical (unpaired) electrons. The largest absolute Gasteiger partial charge is 0.363 e. The van der Waals surface area contributed by atoms with E-state index in [1.807, 2.05) is 37.4 Å². The third kappa shape index (κ3) is 3.75. The van der Waals surface area contributed by atoms with Crippen molar-refractivity contribution in [1.29, 1.82) is 0 Å². The first-order chi connectivity index (χ1) is 9.10. The minimum absolute atomic E-state index is 0.0365. The highest BCUT2D eigenvalue weighted by molar-refractivity contribution is 7.98. The van der Waals surface area contributed by atoms with Crippen LogP contribution in [0.5, 0.6) is 0 Å². The van der Waals surface area contributed by atoms with Crippen LogP contribution in [0.2, 0.25) is 10.2 Å². The van der Waals surface area contributed by atoms with Gasteiger partial charge in [-0.3, -0.25) is 0 Å². The number of anilines is 1. The van der Waals surface area contributed by atoms with Crippen LogP contribution in [0.1, 0.15) is 18.5 Å². The van der Waals surface area contributed by atoms with Gasteiger partial charge in [0.15, 0.2) is 5.16 Å². The normalized spacial score (nSPS) is 12.2. The number of halogens is 2. The van der Waals surface area contributed by atoms with Gasteiger partial charge in [-0.05, 0) is 24.8 Å². The fourth-order valence-electron chi connectivity index (χ4n) is 1.69. The van der Waals surface area contributed by atoms with Crippen molar-refractivity contribution >= 4 is 40.8 Å². The van der Waals surface area contributed by atoms with Gasteiger partial charge in [0.25, 0.3) is 0 Å². The Morgan fingerprint density at radius 1 is 1.21 bits per heavy atom. The van der Waals surface area contributed by atoms with E-state index in [4.69, 9.17) is 23.2 Å². The summed E-state index contributed by atoms with van der Waals surface area (Å²) >= 11 is 13.6. The molecule has 0 saturated carbocycles. The van der Waals surface area contributed by atoms with Gasteiger partial charge < -0.3 is 5.32 Å². The SMILES string of the molecule is CSc1nc(Cl)cc(NC(C)c2ccccc2Cl)n1. The van der Waals surface area contributed by atoms with Crippen LogP contribution in [-0.2, 0) is 0 Å². The third-order valence-electron chi connectivity index (χ3n) is 2.59. The lowest BCUT2D eigenvalue weighted by molar-refractivity contribution is 0.856. The van der Waals surface area contributed by atoms with E-state index >= 15 is 0 Å². The molecule has 0 spiro atoms. The van der Waals surface area contributed by atoms with Crippen molar-refractivity contribution in [2.24, 2.45) is 0 Å². The van der Waals surface area contributed by atoms with E-state index < -0.39 is 0 Å². The van der Waals surface area contributed by atoms with Crippen molar-refractivity contribution in [2.75, 3.05) is 11.6 Å². The minimum Gasteiger partial charge on any atom is -0.363 e. The summed E-state index contributed by atoms with van der Waals surface area (Å²) in [6.07, 6.45) is 1.91. The Kier molecular flexibility index (Phi) is 4.91. The van der Waals surface area contributed by atoms with Gasteiger partial charge >= 0.3 is 0 Å². The van der Waals surface area contributed by atoms with Crippen molar-refractivity contribution in [3.8, 4) is 0 Å². The molecule has 0 bridgehead atoms. The van der Waals surface area contributed by atoms with Gasteiger partial charge in [0, 0.05) is 11.1 Å². The molecule has 0 saturated heterocycles. The van der Waals surface area contributed by atoms with Crippen LogP contribution in [0.3, 0.4) is 0 Å². The molecule has 1 aromatic heterocycles. The number of rotatable bonds is 4. The smallest absolute Gasteiger partial charge is 0.190 e. The van der Waals surface area contributed by atoms with Crippen LogP contribution < -0.4 is 5.32 Å². The van der Waals surface area contributed by atoms with Crippen LogP contribution in [0.4, 0.5) is 5.82 Å². The van der Waals surface area contributed by atoms with Crippen molar-refractivity contribution in [1.82, 2.24) is 9.97 Å². The van der Waals surface area contributed by atoms with Gasteiger partial charge in [0.2, 0.25) is 0 Å². The third-order valence-corrected chi connectivity index (χ3v) is 3.68. The molecule has 0 amide bonds. The maximum atomic E-state index is 6.17. The van der Waals surface area contributed by atoms with Gasteiger partial charge in [0.05, 0.1) is 6.04 Å². The maximum Gasteiger partial charge on any atom is 0.190 e.